The van der Waals surface area contributed by atoms with E-state index in [2.05, 4.69) is 5.32 Å². The molecular weight excluding hydrogens is 497 g/mol. The Kier molecular flexibility index (Phi) is 7.97. The standard InChI is InChI=1S/C28H27Cl2N3O3/c1-4-17(2)26-28(35)33(16-25(34)31-22-15-20(30)11-13-24(22)36-3)23-12-10-19(29)14-21(23)27(32-26)18-8-6-5-7-9-18/h5-15,17,26H,4,16H2,1-3H3,(H,31,34)/t17-,26-/m0/s1. The van der Waals surface area contributed by atoms with Crippen molar-refractivity contribution in [1.82, 2.24) is 0 Å². The van der Waals surface area contributed by atoms with E-state index < -0.39 is 11.9 Å². The van der Waals surface area contributed by atoms with E-state index in [1.54, 1.807) is 36.4 Å². The molecule has 0 saturated heterocycles. The van der Waals surface area contributed by atoms with Crippen LogP contribution in [0.5, 0.6) is 5.75 Å². The van der Waals surface area contributed by atoms with Crippen molar-refractivity contribution in [2.75, 3.05) is 23.9 Å². The average Bonchev–Trinajstić information content (AvgIpc) is 2.99. The van der Waals surface area contributed by atoms with Crippen molar-refractivity contribution in [2.45, 2.75) is 26.3 Å². The third-order valence-corrected chi connectivity index (χ3v) is 6.73. The van der Waals surface area contributed by atoms with E-state index in [0.29, 0.717) is 38.4 Å². The molecule has 3 aromatic rings. The maximum absolute atomic E-state index is 13.9. The Balaban J connectivity index is 1.78. The molecule has 0 fully saturated rings. The van der Waals surface area contributed by atoms with E-state index in [9.17, 15) is 9.59 Å². The average molecular weight is 524 g/mol. The van der Waals surface area contributed by atoms with Crippen molar-refractivity contribution < 1.29 is 14.3 Å². The number of hydrogen-bond donors (Lipinski definition) is 1. The Hall–Kier alpha value is -3.35. The largest absolute Gasteiger partial charge is 0.495 e. The number of nitrogens with zero attached hydrogens (tertiary/aromatic N) is 2. The minimum atomic E-state index is -0.662. The van der Waals surface area contributed by atoms with Gasteiger partial charge in [-0.1, -0.05) is 73.8 Å². The number of benzene rings is 3. The molecule has 8 heteroatoms. The number of aliphatic imine (C=N–C) groups is 1. The number of rotatable bonds is 7. The lowest BCUT2D eigenvalue weighted by Crippen LogP contribution is -2.44. The lowest BCUT2D eigenvalue weighted by Gasteiger charge is -2.27. The molecule has 6 nitrogen and oxygen atoms in total. The molecule has 186 valence electrons. The van der Waals surface area contributed by atoms with Crippen molar-refractivity contribution >= 4 is 52.1 Å². The summed E-state index contributed by atoms with van der Waals surface area (Å²) in [5, 5.41) is 3.80. The molecule has 3 aromatic carbocycles. The first-order chi connectivity index (χ1) is 17.3. The summed E-state index contributed by atoms with van der Waals surface area (Å²) >= 11 is 12.5. The van der Waals surface area contributed by atoms with Gasteiger partial charge in [0.15, 0.2) is 0 Å². The summed E-state index contributed by atoms with van der Waals surface area (Å²) in [7, 11) is 1.51. The van der Waals surface area contributed by atoms with Crippen LogP contribution >= 0.6 is 23.2 Å². The van der Waals surface area contributed by atoms with Gasteiger partial charge in [-0.2, -0.15) is 0 Å². The van der Waals surface area contributed by atoms with Crippen LogP contribution in [0, 0.1) is 5.92 Å². The normalized spacial score (nSPS) is 16.0. The van der Waals surface area contributed by atoms with Gasteiger partial charge in [0.1, 0.15) is 18.3 Å². The molecule has 0 spiro atoms. The maximum Gasteiger partial charge on any atom is 0.252 e. The lowest BCUT2D eigenvalue weighted by molar-refractivity contribution is -0.123. The number of carbonyl (C=O) groups excluding carboxylic acids is 2. The Morgan fingerprint density at radius 3 is 2.47 bits per heavy atom. The highest BCUT2D eigenvalue weighted by Gasteiger charge is 2.35. The molecule has 0 radical (unpaired) electrons. The summed E-state index contributed by atoms with van der Waals surface area (Å²) in [5.74, 6) is -0.211. The van der Waals surface area contributed by atoms with E-state index in [4.69, 9.17) is 32.9 Å². The number of nitrogens with one attached hydrogen (secondary N) is 1. The van der Waals surface area contributed by atoms with Crippen molar-refractivity contribution in [3.05, 3.63) is 87.9 Å². The SMILES string of the molecule is CC[C@H](C)[C@@H]1N=C(c2ccccc2)c2cc(Cl)ccc2N(CC(=O)Nc2cc(Cl)ccc2OC)C1=O. The molecule has 1 heterocycles. The number of ether oxygens (including phenoxy) is 1. The van der Waals surface area contributed by atoms with Crippen molar-refractivity contribution in [1.29, 1.82) is 0 Å². The highest BCUT2D eigenvalue weighted by atomic mass is 35.5. The number of carbonyl (C=O) groups is 2. The zero-order chi connectivity index (χ0) is 25.8. The first-order valence-corrected chi connectivity index (χ1v) is 12.5. The second kappa shape index (κ2) is 11.1. The number of benzodiazepines with no additional fused rings is 1. The van der Waals surface area contributed by atoms with Gasteiger partial charge in [0.2, 0.25) is 5.91 Å². The monoisotopic (exact) mass is 523 g/mol. The smallest absolute Gasteiger partial charge is 0.252 e. The highest BCUT2D eigenvalue weighted by molar-refractivity contribution is 6.32. The van der Waals surface area contributed by atoms with E-state index in [1.807, 2.05) is 44.2 Å². The zero-order valence-corrected chi connectivity index (χ0v) is 21.8. The summed E-state index contributed by atoms with van der Waals surface area (Å²) in [6.07, 6.45) is 0.749. The minimum Gasteiger partial charge on any atom is -0.495 e. The Morgan fingerprint density at radius 2 is 1.78 bits per heavy atom. The van der Waals surface area contributed by atoms with Crippen LogP contribution in [0.25, 0.3) is 0 Å². The van der Waals surface area contributed by atoms with Crippen LogP contribution in [0.2, 0.25) is 10.0 Å². The summed E-state index contributed by atoms with van der Waals surface area (Å²) in [5.41, 5.74) is 3.24. The predicted molar refractivity (Wildman–Crippen MR) is 146 cm³/mol. The van der Waals surface area contributed by atoms with Gasteiger partial charge in [0, 0.05) is 21.2 Å². The summed E-state index contributed by atoms with van der Waals surface area (Å²) in [6, 6.07) is 19.2. The van der Waals surface area contributed by atoms with Crippen LogP contribution in [-0.4, -0.2) is 37.2 Å². The Labute approximate surface area is 220 Å². The van der Waals surface area contributed by atoms with Gasteiger partial charge in [0.05, 0.1) is 24.2 Å². The van der Waals surface area contributed by atoms with Crippen LogP contribution in [0.1, 0.15) is 31.4 Å². The van der Waals surface area contributed by atoms with Gasteiger partial charge in [0.25, 0.3) is 5.91 Å². The molecule has 0 saturated carbocycles. The number of anilines is 2. The second-order valence-corrected chi connectivity index (χ2v) is 9.53. The number of halogens is 2. The van der Waals surface area contributed by atoms with E-state index >= 15 is 0 Å². The Bertz CT molecular complexity index is 1310. The number of methoxy groups -OCH3 is 1. The molecule has 0 unspecified atom stereocenters. The molecule has 0 aliphatic carbocycles. The molecular formula is C28H27Cl2N3O3. The second-order valence-electron chi connectivity index (χ2n) is 8.65. The van der Waals surface area contributed by atoms with Gasteiger partial charge >= 0.3 is 0 Å². The summed E-state index contributed by atoms with van der Waals surface area (Å²) < 4.78 is 5.34. The fourth-order valence-corrected chi connectivity index (χ4v) is 4.51. The molecule has 2 amide bonds. The molecule has 1 aliphatic heterocycles. The van der Waals surface area contributed by atoms with Crippen LogP contribution in [0.15, 0.2) is 71.7 Å². The summed E-state index contributed by atoms with van der Waals surface area (Å²) in [4.78, 5) is 33.6. The molecule has 0 bridgehead atoms. The van der Waals surface area contributed by atoms with E-state index in [-0.39, 0.29) is 18.4 Å². The first kappa shape index (κ1) is 25.7. The predicted octanol–water partition coefficient (Wildman–Crippen LogP) is 6.24. The van der Waals surface area contributed by atoms with Gasteiger partial charge in [-0.3, -0.25) is 14.6 Å². The molecule has 1 N–H and O–H groups in total. The fraction of sp³-hybridized carbons (Fsp3) is 0.250. The van der Waals surface area contributed by atoms with Gasteiger partial charge in [-0.15, -0.1) is 0 Å². The molecule has 36 heavy (non-hydrogen) atoms. The highest BCUT2D eigenvalue weighted by Crippen LogP contribution is 2.33. The van der Waals surface area contributed by atoms with Crippen LogP contribution in [0.4, 0.5) is 11.4 Å². The van der Waals surface area contributed by atoms with Crippen LogP contribution < -0.4 is 15.0 Å². The quantitative estimate of drug-likeness (QED) is 0.398. The van der Waals surface area contributed by atoms with Crippen molar-refractivity contribution in [3.63, 3.8) is 0 Å². The number of amides is 2. The topological polar surface area (TPSA) is 71.0 Å². The third kappa shape index (κ3) is 5.40. The van der Waals surface area contributed by atoms with Crippen molar-refractivity contribution in [3.8, 4) is 5.75 Å². The number of fused-ring (bicyclic) bond motifs is 1. The van der Waals surface area contributed by atoms with E-state index in [0.717, 1.165) is 12.0 Å². The number of hydrogen-bond acceptors (Lipinski definition) is 4. The van der Waals surface area contributed by atoms with Crippen LogP contribution in [0.3, 0.4) is 0 Å². The van der Waals surface area contributed by atoms with Gasteiger partial charge < -0.3 is 15.0 Å². The maximum atomic E-state index is 13.9. The van der Waals surface area contributed by atoms with Crippen LogP contribution in [-0.2, 0) is 9.59 Å². The molecule has 1 aliphatic rings. The van der Waals surface area contributed by atoms with E-state index in [1.165, 1.54) is 12.0 Å². The zero-order valence-electron chi connectivity index (χ0n) is 20.3. The third-order valence-electron chi connectivity index (χ3n) is 6.26. The molecule has 4 rings (SSSR count). The lowest BCUT2D eigenvalue weighted by atomic mass is 9.98. The first-order valence-electron chi connectivity index (χ1n) is 11.7. The van der Waals surface area contributed by atoms with Gasteiger partial charge in [-0.05, 0) is 42.3 Å². The Morgan fingerprint density at radius 1 is 1.08 bits per heavy atom. The molecule has 0 aromatic heterocycles. The van der Waals surface area contributed by atoms with Crippen molar-refractivity contribution in [2.24, 2.45) is 10.9 Å². The minimum absolute atomic E-state index is 0.0421. The summed E-state index contributed by atoms with van der Waals surface area (Å²) in [6.45, 7) is 3.80. The fourth-order valence-electron chi connectivity index (χ4n) is 4.17. The molecule has 2 atom stereocenters. The van der Waals surface area contributed by atoms with Gasteiger partial charge in [-0.25, -0.2) is 0 Å².